The van der Waals surface area contributed by atoms with Crippen LogP contribution in [0, 0.1) is 0 Å². The van der Waals surface area contributed by atoms with Crippen LogP contribution in [0.25, 0.3) is 0 Å². The first kappa shape index (κ1) is 24.9. The zero-order chi connectivity index (χ0) is 18.2. The predicted molar refractivity (Wildman–Crippen MR) is 110 cm³/mol. The molecule has 0 aliphatic carbocycles. The van der Waals surface area contributed by atoms with Gasteiger partial charge in [-0.25, -0.2) is 4.99 Å². The number of hydrogen-bond donors (Lipinski definition) is 2. The molecule has 0 aromatic heterocycles. The van der Waals surface area contributed by atoms with Crippen LogP contribution < -0.4 is 10.6 Å². The molecule has 7 nitrogen and oxygen atoms in total. The summed E-state index contributed by atoms with van der Waals surface area (Å²) in [5, 5.41) is 6.00. The number of halogens is 1. The molecule has 0 saturated heterocycles. The molecule has 24 heavy (non-hydrogen) atoms. The minimum atomic E-state index is -0.290. The Morgan fingerprint density at radius 2 is 1.71 bits per heavy atom. The molecule has 0 atom stereocenters. The number of aliphatic imine (C=N–C) groups is 1. The molecule has 0 aromatic rings. The third-order valence-electron chi connectivity index (χ3n) is 2.67. The van der Waals surface area contributed by atoms with Gasteiger partial charge in [0, 0.05) is 33.2 Å². The second kappa shape index (κ2) is 11.3. The molecular formula is C16H32IN5O2. The van der Waals surface area contributed by atoms with Crippen molar-refractivity contribution in [3.63, 3.8) is 0 Å². The van der Waals surface area contributed by atoms with E-state index in [1.165, 1.54) is 4.90 Å². The van der Waals surface area contributed by atoms with Crippen LogP contribution in [0.4, 0.5) is 0 Å². The number of guanidine groups is 1. The summed E-state index contributed by atoms with van der Waals surface area (Å²) in [4.78, 5) is 31.2. The molecule has 8 heteroatoms. The highest BCUT2D eigenvalue weighted by Gasteiger charge is 2.17. The third kappa shape index (κ3) is 12.1. The maximum atomic E-state index is 12.0. The van der Waals surface area contributed by atoms with Gasteiger partial charge in [0.1, 0.15) is 6.54 Å². The molecule has 0 aliphatic rings. The molecular weight excluding hydrogens is 421 g/mol. The number of hydrogen-bond acceptors (Lipinski definition) is 3. The standard InChI is InChI=1S/C16H31N5O2.HI/c1-12(2)9-17-15(18-10-14(23)20(6)7)21(8)11-13(22)19-16(3,4)5;/h1,9-11H2,2-8H3,(H,17,18)(H,19,22);1H. The van der Waals surface area contributed by atoms with E-state index in [9.17, 15) is 9.59 Å². The van der Waals surface area contributed by atoms with Gasteiger partial charge < -0.3 is 20.4 Å². The number of rotatable bonds is 6. The smallest absolute Gasteiger partial charge is 0.243 e. The van der Waals surface area contributed by atoms with Crippen molar-refractivity contribution < 1.29 is 9.59 Å². The Kier molecular flexibility index (Phi) is 11.7. The van der Waals surface area contributed by atoms with Gasteiger partial charge in [-0.1, -0.05) is 12.2 Å². The fourth-order valence-electron chi connectivity index (χ4n) is 1.57. The molecule has 0 fully saturated rings. The monoisotopic (exact) mass is 453 g/mol. The lowest BCUT2D eigenvalue weighted by Gasteiger charge is -2.25. The Bertz CT molecular complexity index is 470. The molecule has 2 amide bonds. The second-order valence-electron chi connectivity index (χ2n) is 6.89. The number of amides is 2. The predicted octanol–water partition coefficient (Wildman–Crippen LogP) is 1.06. The van der Waals surface area contributed by atoms with Crippen molar-refractivity contribution >= 4 is 41.8 Å². The van der Waals surface area contributed by atoms with Crippen LogP contribution in [0.3, 0.4) is 0 Å². The maximum absolute atomic E-state index is 12.0. The van der Waals surface area contributed by atoms with E-state index in [0.717, 1.165) is 5.57 Å². The van der Waals surface area contributed by atoms with E-state index in [-0.39, 0.29) is 54.4 Å². The van der Waals surface area contributed by atoms with E-state index in [2.05, 4.69) is 22.2 Å². The molecule has 0 aromatic carbocycles. The Morgan fingerprint density at radius 1 is 1.17 bits per heavy atom. The second-order valence-corrected chi connectivity index (χ2v) is 6.89. The van der Waals surface area contributed by atoms with Crippen LogP contribution >= 0.6 is 24.0 Å². The van der Waals surface area contributed by atoms with E-state index in [1.807, 2.05) is 27.7 Å². The van der Waals surface area contributed by atoms with Crippen molar-refractivity contribution in [1.29, 1.82) is 0 Å². The van der Waals surface area contributed by atoms with E-state index in [4.69, 9.17) is 0 Å². The number of nitrogens with zero attached hydrogens (tertiary/aromatic N) is 3. The lowest BCUT2D eigenvalue weighted by molar-refractivity contribution is -0.127. The van der Waals surface area contributed by atoms with Crippen LogP contribution in [-0.4, -0.2) is 73.9 Å². The van der Waals surface area contributed by atoms with Gasteiger partial charge in [-0.15, -0.1) is 24.0 Å². The van der Waals surface area contributed by atoms with Crippen LogP contribution in [0.15, 0.2) is 17.1 Å². The highest BCUT2D eigenvalue weighted by atomic mass is 127. The van der Waals surface area contributed by atoms with Gasteiger partial charge >= 0.3 is 0 Å². The molecule has 0 aliphatic heterocycles. The van der Waals surface area contributed by atoms with Crippen molar-refractivity contribution in [3.8, 4) is 0 Å². The molecule has 2 N–H and O–H groups in total. The van der Waals surface area contributed by atoms with E-state index < -0.39 is 0 Å². The maximum Gasteiger partial charge on any atom is 0.243 e. The number of carbonyl (C=O) groups excluding carboxylic acids is 2. The molecule has 0 rings (SSSR count). The first-order valence-electron chi connectivity index (χ1n) is 7.57. The Balaban J connectivity index is 0. The first-order valence-corrected chi connectivity index (χ1v) is 7.57. The molecule has 0 bridgehead atoms. The molecule has 0 heterocycles. The SMILES string of the molecule is C=C(C)CNC(=NCC(=O)N(C)C)N(C)CC(=O)NC(C)(C)C.I. The Labute approximate surface area is 163 Å². The molecule has 0 radical (unpaired) electrons. The lowest BCUT2D eigenvalue weighted by Crippen LogP contribution is -2.49. The lowest BCUT2D eigenvalue weighted by atomic mass is 10.1. The molecule has 0 spiro atoms. The van der Waals surface area contributed by atoms with E-state index in [1.54, 1.807) is 26.0 Å². The minimum absolute atomic E-state index is 0. The van der Waals surface area contributed by atoms with Gasteiger partial charge in [-0.2, -0.15) is 0 Å². The Hall–Kier alpha value is -1.32. The van der Waals surface area contributed by atoms with Crippen LogP contribution in [0.5, 0.6) is 0 Å². The van der Waals surface area contributed by atoms with Gasteiger partial charge in [0.05, 0.1) is 6.54 Å². The van der Waals surface area contributed by atoms with Crippen molar-refractivity contribution in [1.82, 2.24) is 20.4 Å². The number of nitrogens with one attached hydrogen (secondary N) is 2. The summed E-state index contributed by atoms with van der Waals surface area (Å²) in [5.74, 6) is 0.281. The fourth-order valence-corrected chi connectivity index (χ4v) is 1.57. The summed E-state index contributed by atoms with van der Waals surface area (Å²) < 4.78 is 0. The molecule has 140 valence electrons. The Morgan fingerprint density at radius 3 is 2.12 bits per heavy atom. The molecule has 0 unspecified atom stereocenters. The zero-order valence-corrected chi connectivity index (χ0v) is 18.2. The third-order valence-corrected chi connectivity index (χ3v) is 2.67. The van der Waals surface area contributed by atoms with Crippen molar-refractivity contribution in [2.45, 2.75) is 33.2 Å². The summed E-state index contributed by atoms with van der Waals surface area (Å²) in [6.45, 7) is 12.2. The quantitative estimate of drug-likeness (QED) is 0.273. The van der Waals surface area contributed by atoms with Crippen molar-refractivity contribution in [2.24, 2.45) is 4.99 Å². The van der Waals surface area contributed by atoms with Gasteiger partial charge in [0.25, 0.3) is 0 Å². The van der Waals surface area contributed by atoms with Crippen LogP contribution in [0.1, 0.15) is 27.7 Å². The summed E-state index contributed by atoms with van der Waals surface area (Å²) in [5.41, 5.74) is 0.644. The number of carbonyl (C=O) groups is 2. The minimum Gasteiger partial charge on any atom is -0.352 e. The summed E-state index contributed by atoms with van der Waals surface area (Å²) in [7, 11) is 5.12. The summed E-state index contributed by atoms with van der Waals surface area (Å²) in [6.07, 6.45) is 0. The average molecular weight is 453 g/mol. The first-order chi connectivity index (χ1) is 10.4. The highest BCUT2D eigenvalue weighted by molar-refractivity contribution is 14.0. The fraction of sp³-hybridized carbons (Fsp3) is 0.688. The van der Waals surface area contributed by atoms with E-state index >= 15 is 0 Å². The topological polar surface area (TPSA) is 77.0 Å². The summed E-state index contributed by atoms with van der Waals surface area (Å²) >= 11 is 0. The molecule has 0 saturated carbocycles. The average Bonchev–Trinajstić information content (AvgIpc) is 2.35. The largest absolute Gasteiger partial charge is 0.352 e. The number of likely N-dealkylation sites (N-methyl/N-ethyl adjacent to an activating group) is 2. The van der Waals surface area contributed by atoms with Crippen LogP contribution in [-0.2, 0) is 9.59 Å². The van der Waals surface area contributed by atoms with Gasteiger partial charge in [0.2, 0.25) is 11.8 Å². The van der Waals surface area contributed by atoms with Crippen molar-refractivity contribution in [3.05, 3.63) is 12.2 Å². The zero-order valence-electron chi connectivity index (χ0n) is 15.9. The van der Waals surface area contributed by atoms with Crippen LogP contribution in [0.2, 0.25) is 0 Å². The van der Waals surface area contributed by atoms with E-state index in [0.29, 0.717) is 12.5 Å². The van der Waals surface area contributed by atoms with Gasteiger partial charge in [0.15, 0.2) is 5.96 Å². The van der Waals surface area contributed by atoms with Crippen molar-refractivity contribution in [2.75, 3.05) is 40.8 Å². The highest BCUT2D eigenvalue weighted by Crippen LogP contribution is 1.99. The normalized spacial score (nSPS) is 11.2. The summed E-state index contributed by atoms with van der Waals surface area (Å²) in [6, 6.07) is 0. The van der Waals surface area contributed by atoms with Gasteiger partial charge in [-0.05, 0) is 27.7 Å². The van der Waals surface area contributed by atoms with Gasteiger partial charge in [-0.3, -0.25) is 9.59 Å².